The highest BCUT2D eigenvalue weighted by molar-refractivity contribution is 9.10. The molecule has 0 bridgehead atoms. The Kier molecular flexibility index (Phi) is 5.69. The van der Waals surface area contributed by atoms with Gasteiger partial charge in [-0.1, -0.05) is 20.3 Å². The summed E-state index contributed by atoms with van der Waals surface area (Å²) >= 11 is 3.38. The fraction of sp³-hybridized carbons (Fsp3) is 0.500. The van der Waals surface area contributed by atoms with E-state index in [-0.39, 0.29) is 5.78 Å². The molecule has 1 atom stereocenters. The molecule has 0 fully saturated rings. The molecule has 1 rings (SSSR count). The van der Waals surface area contributed by atoms with Crippen LogP contribution in [-0.4, -0.2) is 12.4 Å². The van der Waals surface area contributed by atoms with Crippen molar-refractivity contribution in [2.75, 3.05) is 6.61 Å². The molecule has 2 nitrogen and oxygen atoms in total. The van der Waals surface area contributed by atoms with Crippen LogP contribution < -0.4 is 4.74 Å². The predicted octanol–water partition coefficient (Wildman–Crippen LogP) is 4.47. The van der Waals surface area contributed by atoms with E-state index >= 15 is 0 Å². The fourth-order valence-electron chi connectivity index (χ4n) is 1.69. The summed E-state index contributed by atoms with van der Waals surface area (Å²) in [7, 11) is 0. The molecule has 0 saturated carbocycles. The lowest BCUT2D eigenvalue weighted by Gasteiger charge is -2.12. The predicted molar refractivity (Wildman–Crippen MR) is 73.7 cm³/mol. The fourth-order valence-corrected chi connectivity index (χ4v) is 2.32. The number of rotatable bonds is 6. The first-order chi connectivity index (χ1) is 8.04. The van der Waals surface area contributed by atoms with Crippen LogP contribution in [0.25, 0.3) is 0 Å². The zero-order valence-electron chi connectivity index (χ0n) is 10.6. The van der Waals surface area contributed by atoms with Gasteiger partial charge < -0.3 is 4.74 Å². The van der Waals surface area contributed by atoms with E-state index in [4.69, 9.17) is 4.74 Å². The lowest BCUT2D eigenvalue weighted by Crippen LogP contribution is -2.08. The minimum atomic E-state index is 0.0581. The summed E-state index contributed by atoms with van der Waals surface area (Å²) in [4.78, 5) is 11.3. The first-order valence-corrected chi connectivity index (χ1v) is 6.77. The van der Waals surface area contributed by atoms with Crippen LogP contribution in [0.2, 0.25) is 0 Å². The highest BCUT2D eigenvalue weighted by atomic mass is 79.9. The van der Waals surface area contributed by atoms with Crippen molar-refractivity contribution in [3.05, 3.63) is 28.2 Å². The summed E-state index contributed by atoms with van der Waals surface area (Å²) in [5.41, 5.74) is 0.693. The molecule has 94 valence electrons. The third-order valence-corrected chi connectivity index (χ3v) is 3.29. The zero-order chi connectivity index (χ0) is 12.8. The van der Waals surface area contributed by atoms with E-state index in [1.807, 2.05) is 12.1 Å². The van der Waals surface area contributed by atoms with Gasteiger partial charge in [0.2, 0.25) is 0 Å². The van der Waals surface area contributed by atoms with Crippen LogP contribution in [0.15, 0.2) is 22.7 Å². The highest BCUT2D eigenvalue weighted by Crippen LogP contribution is 2.24. The van der Waals surface area contributed by atoms with Crippen molar-refractivity contribution >= 4 is 21.7 Å². The second-order valence-electron chi connectivity index (χ2n) is 4.40. The van der Waals surface area contributed by atoms with Gasteiger partial charge in [0.15, 0.2) is 5.78 Å². The van der Waals surface area contributed by atoms with Crippen LogP contribution in [0.5, 0.6) is 5.75 Å². The minimum absolute atomic E-state index is 0.0581. The molecular formula is C14H19BrO2. The highest BCUT2D eigenvalue weighted by Gasteiger charge is 2.07. The lowest BCUT2D eigenvalue weighted by molar-refractivity contribution is 0.101. The van der Waals surface area contributed by atoms with E-state index in [1.54, 1.807) is 13.0 Å². The molecule has 17 heavy (non-hydrogen) atoms. The van der Waals surface area contributed by atoms with Gasteiger partial charge in [-0.3, -0.25) is 4.79 Å². The Morgan fingerprint density at radius 1 is 1.47 bits per heavy atom. The van der Waals surface area contributed by atoms with Crippen molar-refractivity contribution in [1.29, 1.82) is 0 Å². The molecule has 0 radical (unpaired) electrons. The van der Waals surface area contributed by atoms with Gasteiger partial charge in [0.1, 0.15) is 5.75 Å². The van der Waals surface area contributed by atoms with Crippen molar-refractivity contribution in [2.24, 2.45) is 5.92 Å². The van der Waals surface area contributed by atoms with Crippen LogP contribution in [0.1, 0.15) is 44.0 Å². The molecule has 3 heteroatoms. The van der Waals surface area contributed by atoms with E-state index in [0.717, 1.165) is 16.8 Å². The third kappa shape index (κ3) is 4.50. The van der Waals surface area contributed by atoms with Gasteiger partial charge >= 0.3 is 0 Å². The quantitative estimate of drug-likeness (QED) is 0.725. The zero-order valence-corrected chi connectivity index (χ0v) is 12.2. The first-order valence-electron chi connectivity index (χ1n) is 5.97. The third-order valence-electron chi connectivity index (χ3n) is 2.64. The molecule has 0 aliphatic carbocycles. The first kappa shape index (κ1) is 14.2. The van der Waals surface area contributed by atoms with Gasteiger partial charge in [-0.05, 0) is 53.4 Å². The number of ether oxygens (including phenoxy) is 1. The number of ketones is 1. The molecule has 1 unspecified atom stereocenters. The van der Waals surface area contributed by atoms with Gasteiger partial charge in [0.05, 0.1) is 6.61 Å². The van der Waals surface area contributed by atoms with E-state index in [2.05, 4.69) is 29.8 Å². The molecule has 1 aromatic carbocycles. The molecule has 0 amide bonds. The molecule has 1 aromatic rings. The van der Waals surface area contributed by atoms with Gasteiger partial charge in [0, 0.05) is 10.0 Å². The summed E-state index contributed by atoms with van der Waals surface area (Å²) in [6.07, 6.45) is 2.35. The van der Waals surface area contributed by atoms with E-state index in [9.17, 15) is 4.79 Å². The Hall–Kier alpha value is -0.830. The Morgan fingerprint density at radius 2 is 2.18 bits per heavy atom. The molecular weight excluding hydrogens is 280 g/mol. The molecule has 0 saturated heterocycles. The van der Waals surface area contributed by atoms with Crippen molar-refractivity contribution in [2.45, 2.75) is 33.6 Å². The molecule has 0 N–H and O–H groups in total. The maximum atomic E-state index is 11.3. The Labute approximate surface area is 111 Å². The maximum absolute atomic E-state index is 11.3. The number of Topliss-reactive ketones (excluding diaryl/α,β-unsaturated/α-hetero) is 1. The Balaban J connectivity index is 2.62. The molecule has 0 aromatic heterocycles. The van der Waals surface area contributed by atoms with Crippen molar-refractivity contribution in [3.8, 4) is 5.75 Å². The molecule has 0 heterocycles. The van der Waals surface area contributed by atoms with Gasteiger partial charge in [0.25, 0.3) is 0 Å². The van der Waals surface area contributed by atoms with E-state index in [1.165, 1.54) is 12.8 Å². The number of carbonyl (C=O) groups excluding carboxylic acids is 1. The Bertz CT molecular complexity index is 388. The smallest absolute Gasteiger partial charge is 0.160 e. The van der Waals surface area contributed by atoms with Gasteiger partial charge in [-0.2, -0.15) is 0 Å². The number of carbonyl (C=O) groups is 1. The van der Waals surface area contributed by atoms with Crippen LogP contribution in [0, 0.1) is 5.92 Å². The number of benzene rings is 1. The summed E-state index contributed by atoms with van der Waals surface area (Å²) in [5.74, 6) is 1.43. The lowest BCUT2D eigenvalue weighted by atomic mass is 10.1. The standard InChI is InChI=1S/C14H19BrO2/c1-4-5-10(2)9-17-12-6-7-13(11(3)16)14(15)8-12/h6-8,10H,4-5,9H2,1-3H3. The van der Waals surface area contributed by atoms with Gasteiger partial charge in [-0.25, -0.2) is 0 Å². The van der Waals surface area contributed by atoms with Crippen LogP contribution in [0.4, 0.5) is 0 Å². The van der Waals surface area contributed by atoms with Crippen molar-refractivity contribution in [3.63, 3.8) is 0 Å². The Morgan fingerprint density at radius 3 is 2.71 bits per heavy atom. The average molecular weight is 299 g/mol. The second-order valence-corrected chi connectivity index (χ2v) is 5.26. The average Bonchev–Trinajstić information content (AvgIpc) is 2.26. The van der Waals surface area contributed by atoms with E-state index < -0.39 is 0 Å². The maximum Gasteiger partial charge on any atom is 0.160 e. The normalized spacial score (nSPS) is 12.2. The topological polar surface area (TPSA) is 26.3 Å². The van der Waals surface area contributed by atoms with Crippen LogP contribution in [0.3, 0.4) is 0 Å². The summed E-state index contributed by atoms with van der Waals surface area (Å²) in [6, 6.07) is 5.50. The molecule has 0 spiro atoms. The van der Waals surface area contributed by atoms with Crippen LogP contribution >= 0.6 is 15.9 Å². The van der Waals surface area contributed by atoms with Crippen molar-refractivity contribution in [1.82, 2.24) is 0 Å². The number of hydrogen-bond acceptors (Lipinski definition) is 2. The summed E-state index contributed by atoms with van der Waals surface area (Å²) in [6.45, 7) is 6.64. The van der Waals surface area contributed by atoms with Crippen molar-refractivity contribution < 1.29 is 9.53 Å². The van der Waals surface area contributed by atoms with Gasteiger partial charge in [-0.15, -0.1) is 0 Å². The summed E-state index contributed by atoms with van der Waals surface area (Å²) < 4.78 is 6.49. The number of halogens is 1. The van der Waals surface area contributed by atoms with Crippen LogP contribution in [-0.2, 0) is 0 Å². The summed E-state index contributed by atoms with van der Waals surface area (Å²) in [5, 5.41) is 0. The minimum Gasteiger partial charge on any atom is -0.493 e. The molecule has 0 aliphatic rings. The SMILES string of the molecule is CCCC(C)COc1ccc(C(C)=O)c(Br)c1. The second kappa shape index (κ2) is 6.80. The largest absolute Gasteiger partial charge is 0.493 e. The number of hydrogen-bond donors (Lipinski definition) is 0. The monoisotopic (exact) mass is 298 g/mol. The molecule has 0 aliphatic heterocycles. The van der Waals surface area contributed by atoms with E-state index in [0.29, 0.717) is 11.5 Å².